The first-order valence-corrected chi connectivity index (χ1v) is 12.3. The van der Waals surface area contributed by atoms with Gasteiger partial charge in [0, 0.05) is 39.3 Å². The van der Waals surface area contributed by atoms with E-state index in [0.29, 0.717) is 18.8 Å². The number of urea groups is 1. The summed E-state index contributed by atoms with van der Waals surface area (Å²) < 4.78 is 34.4. The molecule has 0 atom stereocenters. The van der Waals surface area contributed by atoms with Crippen LogP contribution in [0.25, 0.3) is 0 Å². The van der Waals surface area contributed by atoms with E-state index < -0.39 is 10.0 Å². The normalized spacial score (nSPS) is 14.8. The van der Waals surface area contributed by atoms with Crippen LogP contribution in [-0.2, 0) is 10.0 Å². The Morgan fingerprint density at radius 3 is 2.21 bits per heavy atom. The molecule has 1 aliphatic heterocycles. The number of rotatable bonds is 5. The van der Waals surface area contributed by atoms with Gasteiger partial charge in [-0.15, -0.1) is 0 Å². The van der Waals surface area contributed by atoms with E-state index in [0.717, 1.165) is 11.1 Å². The van der Waals surface area contributed by atoms with Crippen LogP contribution in [-0.4, -0.2) is 67.8 Å². The summed E-state index contributed by atoms with van der Waals surface area (Å²) in [5.74, 6) is 0.692. The Bertz CT molecular complexity index is 1160. The van der Waals surface area contributed by atoms with Crippen LogP contribution in [0.1, 0.15) is 30.5 Å². The Morgan fingerprint density at radius 2 is 1.67 bits per heavy atom. The van der Waals surface area contributed by atoms with Crippen molar-refractivity contribution in [2.45, 2.75) is 38.6 Å². The van der Waals surface area contributed by atoms with Crippen molar-refractivity contribution in [3.8, 4) is 17.6 Å². The summed E-state index contributed by atoms with van der Waals surface area (Å²) in [4.78, 5) is 15.8. The van der Waals surface area contributed by atoms with Gasteiger partial charge < -0.3 is 14.5 Å². The predicted molar refractivity (Wildman–Crippen MR) is 126 cm³/mol. The van der Waals surface area contributed by atoms with Crippen molar-refractivity contribution in [2.75, 3.05) is 33.2 Å². The molecule has 3 rings (SSSR count). The molecule has 1 aliphatic rings. The van der Waals surface area contributed by atoms with Crippen molar-refractivity contribution in [1.29, 1.82) is 5.26 Å². The van der Waals surface area contributed by atoms with Crippen molar-refractivity contribution >= 4 is 16.1 Å². The number of ether oxygens (including phenoxy) is 1. The number of sulfonamides is 1. The van der Waals surface area contributed by atoms with Gasteiger partial charge in [0.15, 0.2) is 0 Å². The van der Waals surface area contributed by atoms with Crippen molar-refractivity contribution in [3.05, 3.63) is 53.1 Å². The Kier molecular flexibility index (Phi) is 7.30. The smallest absolute Gasteiger partial charge is 0.320 e. The molecule has 0 aliphatic carbocycles. The molecule has 0 radical (unpaired) electrons. The molecule has 1 fully saturated rings. The average molecular weight is 471 g/mol. The lowest BCUT2D eigenvalue weighted by Crippen LogP contribution is -2.54. The van der Waals surface area contributed by atoms with Gasteiger partial charge in [0.05, 0.1) is 11.6 Å². The molecule has 0 aromatic heterocycles. The lowest BCUT2D eigenvalue weighted by Gasteiger charge is -2.37. The third kappa shape index (κ3) is 5.46. The number of hydrogen-bond acceptors (Lipinski definition) is 5. The van der Waals surface area contributed by atoms with E-state index in [9.17, 15) is 18.5 Å². The van der Waals surface area contributed by atoms with Gasteiger partial charge >= 0.3 is 6.03 Å². The van der Waals surface area contributed by atoms with Gasteiger partial charge in [-0.25, -0.2) is 13.2 Å². The highest BCUT2D eigenvalue weighted by atomic mass is 32.2. The van der Waals surface area contributed by atoms with Crippen LogP contribution in [0.2, 0.25) is 0 Å². The first-order valence-electron chi connectivity index (χ1n) is 10.8. The number of nitrogens with zero attached hydrogens (tertiary/aromatic N) is 4. The highest BCUT2D eigenvalue weighted by molar-refractivity contribution is 7.89. The third-order valence-corrected chi connectivity index (χ3v) is 7.62. The van der Waals surface area contributed by atoms with Crippen molar-refractivity contribution in [2.24, 2.45) is 0 Å². The standard InChI is InChI=1S/C24H30N4O4S/c1-17(2)26(5)24(29)27-8-10-28(11-9-27)33(30,31)23-15-20(16-25)6-7-22(23)32-21-13-18(3)12-19(4)14-21/h6-7,12-15,17H,8-11H2,1-5H3. The molecule has 2 aromatic carbocycles. The largest absolute Gasteiger partial charge is 0.456 e. The number of hydrogen-bond donors (Lipinski definition) is 0. The van der Waals surface area contributed by atoms with Crippen LogP contribution in [0.4, 0.5) is 4.79 Å². The zero-order valence-corrected chi connectivity index (χ0v) is 20.5. The Balaban J connectivity index is 1.87. The molecule has 1 heterocycles. The molecule has 0 saturated carbocycles. The summed E-state index contributed by atoms with van der Waals surface area (Å²) in [6, 6.07) is 12.0. The fourth-order valence-electron chi connectivity index (χ4n) is 3.69. The van der Waals surface area contributed by atoms with Crippen LogP contribution < -0.4 is 4.74 Å². The molecule has 1 saturated heterocycles. The van der Waals surface area contributed by atoms with Gasteiger partial charge in [0.25, 0.3) is 0 Å². The maximum atomic E-state index is 13.5. The summed E-state index contributed by atoms with van der Waals surface area (Å²) in [7, 11) is -2.21. The molecule has 9 heteroatoms. The van der Waals surface area contributed by atoms with Crippen LogP contribution in [0, 0.1) is 25.2 Å². The van der Waals surface area contributed by atoms with Gasteiger partial charge in [-0.1, -0.05) is 6.07 Å². The van der Waals surface area contributed by atoms with E-state index >= 15 is 0 Å². The SMILES string of the molecule is Cc1cc(C)cc(Oc2ccc(C#N)cc2S(=O)(=O)N2CCN(C(=O)N(C)C(C)C)CC2)c1. The third-order valence-electron chi connectivity index (χ3n) is 5.70. The zero-order chi connectivity index (χ0) is 24.3. The monoisotopic (exact) mass is 470 g/mol. The topological polar surface area (TPSA) is 93.9 Å². The van der Waals surface area contributed by atoms with Gasteiger partial charge in [0.1, 0.15) is 16.4 Å². The minimum atomic E-state index is -3.95. The first-order chi connectivity index (χ1) is 15.5. The van der Waals surface area contributed by atoms with Gasteiger partial charge in [-0.05, 0) is 69.2 Å². The Morgan fingerprint density at radius 1 is 1.06 bits per heavy atom. The summed E-state index contributed by atoms with van der Waals surface area (Å²) in [6.45, 7) is 8.65. The molecule has 176 valence electrons. The van der Waals surface area contributed by atoms with E-state index in [-0.39, 0.29) is 41.4 Å². The maximum Gasteiger partial charge on any atom is 0.320 e. The van der Waals surface area contributed by atoms with Gasteiger partial charge in [0.2, 0.25) is 10.0 Å². The van der Waals surface area contributed by atoms with Crippen LogP contribution in [0.5, 0.6) is 11.5 Å². The number of benzene rings is 2. The maximum absolute atomic E-state index is 13.5. The number of carbonyl (C=O) groups excluding carboxylic acids is 1. The van der Waals surface area contributed by atoms with Crippen molar-refractivity contribution in [3.63, 3.8) is 0 Å². The number of aryl methyl sites for hydroxylation is 2. The number of nitriles is 1. The highest BCUT2D eigenvalue weighted by Crippen LogP contribution is 2.33. The molecule has 0 spiro atoms. The molecule has 8 nitrogen and oxygen atoms in total. The zero-order valence-electron chi connectivity index (χ0n) is 19.7. The lowest BCUT2D eigenvalue weighted by atomic mass is 10.1. The minimum Gasteiger partial charge on any atom is -0.456 e. The van der Waals surface area contributed by atoms with Crippen molar-refractivity contribution in [1.82, 2.24) is 14.1 Å². The predicted octanol–water partition coefficient (Wildman–Crippen LogP) is 3.73. The Hall–Kier alpha value is -3.09. The van der Waals surface area contributed by atoms with E-state index in [1.807, 2.05) is 52.0 Å². The minimum absolute atomic E-state index is 0.0537. The van der Waals surface area contributed by atoms with E-state index in [1.165, 1.54) is 22.5 Å². The second-order valence-corrected chi connectivity index (χ2v) is 10.5. The van der Waals surface area contributed by atoms with Crippen LogP contribution >= 0.6 is 0 Å². The number of piperazine rings is 1. The summed E-state index contributed by atoms with van der Waals surface area (Å²) in [6.07, 6.45) is 0. The number of carbonyl (C=O) groups is 1. The van der Waals surface area contributed by atoms with Gasteiger partial charge in [-0.2, -0.15) is 9.57 Å². The molecule has 0 bridgehead atoms. The average Bonchev–Trinajstić information content (AvgIpc) is 2.77. The highest BCUT2D eigenvalue weighted by Gasteiger charge is 2.33. The second-order valence-electron chi connectivity index (χ2n) is 8.58. The van der Waals surface area contributed by atoms with Crippen molar-refractivity contribution < 1.29 is 17.9 Å². The van der Waals surface area contributed by atoms with Gasteiger partial charge in [-0.3, -0.25) is 0 Å². The fraction of sp³-hybridized carbons (Fsp3) is 0.417. The molecule has 33 heavy (non-hydrogen) atoms. The number of amides is 2. The Labute approximate surface area is 196 Å². The van der Waals surface area contributed by atoms with E-state index in [2.05, 4.69) is 0 Å². The first kappa shape index (κ1) is 24.6. The van der Waals surface area contributed by atoms with Crippen LogP contribution in [0.15, 0.2) is 41.3 Å². The lowest BCUT2D eigenvalue weighted by molar-refractivity contribution is 0.134. The van der Waals surface area contributed by atoms with Crippen LogP contribution in [0.3, 0.4) is 0 Å². The molecule has 0 N–H and O–H groups in total. The molecule has 2 amide bonds. The molecular formula is C24H30N4O4S. The molecular weight excluding hydrogens is 440 g/mol. The van der Waals surface area contributed by atoms with E-state index in [4.69, 9.17) is 4.74 Å². The fourth-order valence-corrected chi connectivity index (χ4v) is 5.25. The van der Waals surface area contributed by atoms with E-state index in [1.54, 1.807) is 16.8 Å². The quantitative estimate of drug-likeness (QED) is 0.664. The summed E-state index contributed by atoms with van der Waals surface area (Å²) >= 11 is 0. The molecule has 0 unspecified atom stereocenters. The second kappa shape index (κ2) is 9.81. The summed E-state index contributed by atoms with van der Waals surface area (Å²) in [5.41, 5.74) is 2.22. The summed E-state index contributed by atoms with van der Waals surface area (Å²) in [5, 5.41) is 9.34. The molecule has 2 aromatic rings.